The Kier molecular flexibility index (Phi) is 4.93. The lowest BCUT2D eigenvalue weighted by Crippen LogP contribution is -2.25. The molecule has 0 heterocycles. The van der Waals surface area contributed by atoms with Gasteiger partial charge < -0.3 is 0 Å². The number of carbonyl (C=O) groups excluding carboxylic acids is 1. The van der Waals surface area contributed by atoms with Crippen molar-refractivity contribution in [3.63, 3.8) is 0 Å². The molecule has 0 spiro atoms. The maximum Gasteiger partial charge on any atom is 0.219 e. The van der Waals surface area contributed by atoms with Crippen molar-refractivity contribution >= 4 is 51.2 Å². The summed E-state index contributed by atoms with van der Waals surface area (Å²) >= 11 is 6.88. The zero-order chi connectivity index (χ0) is 13.7. The summed E-state index contributed by atoms with van der Waals surface area (Å²) in [4.78, 5) is 12.9. The fourth-order valence-corrected chi connectivity index (χ4v) is 2.93. The van der Waals surface area contributed by atoms with Crippen molar-refractivity contribution in [3.05, 3.63) is 42.5 Å². The molecule has 0 atom stereocenters. The van der Waals surface area contributed by atoms with Gasteiger partial charge in [0, 0.05) is 11.1 Å². The molecule has 0 aliphatic rings. The van der Waals surface area contributed by atoms with Crippen molar-refractivity contribution in [2.45, 2.75) is 13.3 Å². The molecule has 0 bridgehead atoms. The highest BCUT2D eigenvalue weighted by molar-refractivity contribution is 8.23. The van der Waals surface area contributed by atoms with Gasteiger partial charge >= 0.3 is 0 Å². The first-order valence-electron chi connectivity index (χ1n) is 6.17. The van der Waals surface area contributed by atoms with Gasteiger partial charge in [-0.15, -0.1) is 0 Å². The predicted octanol–water partition coefficient (Wildman–Crippen LogP) is 4.23. The van der Waals surface area contributed by atoms with Crippen LogP contribution in [-0.4, -0.2) is 16.5 Å². The number of fused-ring (bicyclic) bond motifs is 1. The molecule has 4 heteroatoms. The quantitative estimate of drug-likeness (QED) is 0.620. The van der Waals surface area contributed by atoms with Crippen LogP contribution in [0.1, 0.15) is 13.3 Å². The Hall–Kier alpha value is -1.39. The highest BCUT2D eigenvalue weighted by Crippen LogP contribution is 2.28. The summed E-state index contributed by atoms with van der Waals surface area (Å²) in [6.07, 6.45) is 1.83. The molecule has 98 valence electrons. The number of thioether (sulfide) groups is 1. The van der Waals surface area contributed by atoms with E-state index in [-0.39, 0.29) is 0 Å². The second-order valence-corrected chi connectivity index (χ2v) is 5.82. The van der Waals surface area contributed by atoms with Crippen LogP contribution in [0.15, 0.2) is 42.5 Å². The van der Waals surface area contributed by atoms with Gasteiger partial charge in [-0.05, 0) is 17.9 Å². The van der Waals surface area contributed by atoms with Crippen LogP contribution in [0.25, 0.3) is 10.8 Å². The van der Waals surface area contributed by atoms with E-state index in [9.17, 15) is 4.79 Å². The molecular weight excluding hydrogens is 274 g/mol. The third kappa shape index (κ3) is 3.14. The van der Waals surface area contributed by atoms with E-state index in [0.717, 1.165) is 35.0 Å². The van der Waals surface area contributed by atoms with Gasteiger partial charge in [-0.3, -0.25) is 9.69 Å². The van der Waals surface area contributed by atoms with Crippen LogP contribution in [0, 0.1) is 0 Å². The summed E-state index contributed by atoms with van der Waals surface area (Å²) in [5.74, 6) is 0.925. The van der Waals surface area contributed by atoms with Crippen LogP contribution in [-0.2, 0) is 4.79 Å². The van der Waals surface area contributed by atoms with E-state index >= 15 is 0 Å². The zero-order valence-electron chi connectivity index (χ0n) is 10.7. The van der Waals surface area contributed by atoms with Gasteiger partial charge in [-0.25, -0.2) is 0 Å². The Morgan fingerprint density at radius 2 is 2.00 bits per heavy atom. The second-order valence-electron chi connectivity index (χ2n) is 4.09. The van der Waals surface area contributed by atoms with Crippen molar-refractivity contribution < 1.29 is 4.79 Å². The van der Waals surface area contributed by atoms with Crippen LogP contribution in [0.4, 0.5) is 5.69 Å². The molecule has 2 nitrogen and oxygen atoms in total. The van der Waals surface area contributed by atoms with Gasteiger partial charge in [-0.2, -0.15) is 0 Å². The maximum absolute atomic E-state index is 11.4. The first-order valence-corrected chi connectivity index (χ1v) is 7.56. The third-order valence-electron chi connectivity index (χ3n) is 2.76. The number of thiocarbonyl (C=S) groups is 1. The van der Waals surface area contributed by atoms with Crippen molar-refractivity contribution in [2.75, 3.05) is 10.7 Å². The molecular formula is C15H15NOS2. The average Bonchev–Trinajstić information content (AvgIpc) is 2.46. The maximum atomic E-state index is 11.4. The fraction of sp³-hybridized carbons (Fsp3) is 0.200. The number of amides is 1. The number of hydrogen-bond acceptors (Lipinski definition) is 3. The minimum absolute atomic E-state index is 0.605. The van der Waals surface area contributed by atoms with Gasteiger partial charge in [0.15, 0.2) is 0 Å². The normalized spacial score (nSPS) is 10.4. The molecule has 0 fully saturated rings. The SMILES string of the molecule is CCCSC(=S)N(C=O)c1cccc2ccccc12. The van der Waals surface area contributed by atoms with Crippen LogP contribution in [0.5, 0.6) is 0 Å². The van der Waals surface area contributed by atoms with E-state index in [1.807, 2.05) is 42.5 Å². The number of anilines is 1. The molecule has 0 saturated heterocycles. The van der Waals surface area contributed by atoms with E-state index in [2.05, 4.69) is 6.92 Å². The molecule has 0 aliphatic heterocycles. The first-order chi connectivity index (χ1) is 9.27. The number of hydrogen-bond donors (Lipinski definition) is 0. The fourth-order valence-electron chi connectivity index (χ4n) is 1.88. The van der Waals surface area contributed by atoms with Crippen LogP contribution in [0.3, 0.4) is 0 Å². The van der Waals surface area contributed by atoms with Gasteiger partial charge in [0.05, 0.1) is 5.69 Å². The zero-order valence-corrected chi connectivity index (χ0v) is 12.3. The van der Waals surface area contributed by atoms with Crippen molar-refractivity contribution in [1.82, 2.24) is 0 Å². The Balaban J connectivity index is 2.40. The summed E-state index contributed by atoms with van der Waals surface area (Å²) in [7, 11) is 0. The molecule has 0 aromatic heterocycles. The smallest absolute Gasteiger partial charge is 0.219 e. The molecule has 2 aromatic rings. The second kappa shape index (κ2) is 6.68. The Morgan fingerprint density at radius 1 is 1.26 bits per heavy atom. The first kappa shape index (κ1) is 14.0. The van der Waals surface area contributed by atoms with Gasteiger partial charge in [-0.1, -0.05) is 67.3 Å². The topological polar surface area (TPSA) is 20.3 Å². The number of rotatable bonds is 4. The molecule has 2 aromatic carbocycles. The minimum Gasteiger partial charge on any atom is -0.278 e. The monoisotopic (exact) mass is 289 g/mol. The molecule has 0 aliphatic carbocycles. The Labute approximate surface area is 122 Å². The van der Waals surface area contributed by atoms with E-state index in [1.54, 1.807) is 4.90 Å². The number of nitrogens with zero attached hydrogens (tertiary/aromatic N) is 1. The van der Waals surface area contributed by atoms with Gasteiger partial charge in [0.2, 0.25) is 6.41 Å². The summed E-state index contributed by atoms with van der Waals surface area (Å²) in [6.45, 7) is 2.10. The lowest BCUT2D eigenvalue weighted by atomic mass is 10.1. The van der Waals surface area contributed by atoms with E-state index in [4.69, 9.17) is 12.2 Å². The average molecular weight is 289 g/mol. The van der Waals surface area contributed by atoms with E-state index in [0.29, 0.717) is 4.32 Å². The predicted molar refractivity (Wildman–Crippen MR) is 87.8 cm³/mol. The summed E-state index contributed by atoms with van der Waals surface area (Å²) in [5, 5.41) is 2.15. The summed E-state index contributed by atoms with van der Waals surface area (Å²) < 4.78 is 0.605. The van der Waals surface area contributed by atoms with Crippen molar-refractivity contribution in [1.29, 1.82) is 0 Å². The van der Waals surface area contributed by atoms with Crippen molar-refractivity contribution in [3.8, 4) is 0 Å². The molecule has 19 heavy (non-hydrogen) atoms. The van der Waals surface area contributed by atoms with E-state index < -0.39 is 0 Å². The van der Waals surface area contributed by atoms with Crippen LogP contribution in [0.2, 0.25) is 0 Å². The van der Waals surface area contributed by atoms with E-state index in [1.165, 1.54) is 11.8 Å². The van der Waals surface area contributed by atoms with Crippen LogP contribution >= 0.6 is 24.0 Å². The summed E-state index contributed by atoms with van der Waals surface area (Å²) in [5.41, 5.74) is 0.849. The molecule has 1 amide bonds. The minimum atomic E-state index is 0.605. The van der Waals surface area contributed by atoms with Gasteiger partial charge in [0.25, 0.3) is 0 Å². The summed E-state index contributed by atoms with van der Waals surface area (Å²) in [6, 6.07) is 13.9. The van der Waals surface area contributed by atoms with Crippen molar-refractivity contribution in [2.24, 2.45) is 0 Å². The number of carbonyl (C=O) groups is 1. The molecule has 0 radical (unpaired) electrons. The Morgan fingerprint density at radius 3 is 2.74 bits per heavy atom. The molecule has 0 N–H and O–H groups in total. The third-order valence-corrected chi connectivity index (χ3v) is 4.36. The molecule has 0 unspecified atom stereocenters. The standard InChI is InChI=1S/C15H15NOS2/c1-2-10-19-15(18)16(11-17)14-9-5-7-12-6-3-4-8-13(12)14/h3-9,11H,2,10H2,1H3. The highest BCUT2D eigenvalue weighted by atomic mass is 32.2. The largest absolute Gasteiger partial charge is 0.278 e. The lowest BCUT2D eigenvalue weighted by Gasteiger charge is -2.19. The highest BCUT2D eigenvalue weighted by Gasteiger charge is 2.13. The Bertz CT molecular complexity index is 592. The number of benzene rings is 2. The van der Waals surface area contributed by atoms with Gasteiger partial charge in [0.1, 0.15) is 4.32 Å². The molecule has 0 saturated carbocycles. The van der Waals surface area contributed by atoms with Crippen LogP contribution < -0.4 is 4.90 Å². The lowest BCUT2D eigenvalue weighted by molar-refractivity contribution is -0.106. The molecule has 2 rings (SSSR count).